The van der Waals surface area contributed by atoms with Crippen LogP contribution in [0.4, 0.5) is 0 Å². The van der Waals surface area contributed by atoms with Crippen molar-refractivity contribution in [2.45, 2.75) is 31.3 Å². The lowest BCUT2D eigenvalue weighted by atomic mass is 9.95. The van der Waals surface area contributed by atoms with E-state index < -0.39 is 6.04 Å². The first-order valence-electron chi connectivity index (χ1n) is 5.93. The lowest BCUT2D eigenvalue weighted by Crippen LogP contribution is -2.51. The van der Waals surface area contributed by atoms with E-state index in [2.05, 4.69) is 10.6 Å². The molecule has 2 N–H and O–H groups in total. The van der Waals surface area contributed by atoms with Gasteiger partial charge in [0.2, 0.25) is 5.91 Å². The third-order valence-electron chi connectivity index (χ3n) is 3.23. The number of amides is 2. The average molecular weight is 230 g/mol. The fourth-order valence-electron chi connectivity index (χ4n) is 2.11. The number of fused-ring (bicyclic) bond motifs is 1. The second-order valence-electron chi connectivity index (χ2n) is 4.67. The van der Waals surface area contributed by atoms with Crippen molar-refractivity contribution in [2.24, 2.45) is 0 Å². The summed E-state index contributed by atoms with van der Waals surface area (Å²) >= 11 is 0. The van der Waals surface area contributed by atoms with Crippen molar-refractivity contribution in [3.63, 3.8) is 0 Å². The molecule has 1 unspecified atom stereocenters. The molecule has 4 nitrogen and oxygen atoms in total. The Labute approximate surface area is 99.4 Å². The summed E-state index contributed by atoms with van der Waals surface area (Å²) < 4.78 is 0. The zero-order chi connectivity index (χ0) is 11.8. The molecule has 1 aliphatic carbocycles. The third-order valence-corrected chi connectivity index (χ3v) is 3.23. The Hall–Kier alpha value is -1.84. The molecule has 1 atom stereocenters. The highest BCUT2D eigenvalue weighted by Crippen LogP contribution is 2.20. The van der Waals surface area contributed by atoms with Crippen LogP contribution in [0.5, 0.6) is 0 Å². The molecule has 0 saturated heterocycles. The summed E-state index contributed by atoms with van der Waals surface area (Å²) in [5.41, 5.74) is 1.63. The highest BCUT2D eigenvalue weighted by atomic mass is 16.2. The van der Waals surface area contributed by atoms with Gasteiger partial charge in [-0.1, -0.05) is 18.2 Å². The Kier molecular flexibility index (Phi) is 2.35. The van der Waals surface area contributed by atoms with Gasteiger partial charge in [-0.2, -0.15) is 0 Å². The second kappa shape index (κ2) is 3.87. The maximum absolute atomic E-state index is 11.9. The first kappa shape index (κ1) is 10.3. The number of rotatable bonds is 2. The van der Waals surface area contributed by atoms with E-state index in [1.165, 1.54) is 0 Å². The number of benzene rings is 1. The van der Waals surface area contributed by atoms with Crippen LogP contribution in [-0.4, -0.2) is 23.9 Å². The van der Waals surface area contributed by atoms with Crippen LogP contribution >= 0.6 is 0 Å². The average Bonchev–Trinajstić information content (AvgIpc) is 3.13. The van der Waals surface area contributed by atoms with E-state index in [1.54, 1.807) is 6.07 Å². The zero-order valence-electron chi connectivity index (χ0n) is 9.40. The number of hydrogen-bond donors (Lipinski definition) is 2. The van der Waals surface area contributed by atoms with Gasteiger partial charge in [-0.05, 0) is 24.5 Å². The molecule has 2 aliphatic rings. The highest BCUT2D eigenvalue weighted by Gasteiger charge is 2.32. The van der Waals surface area contributed by atoms with Gasteiger partial charge in [0.1, 0.15) is 6.04 Å². The van der Waals surface area contributed by atoms with Gasteiger partial charge < -0.3 is 10.6 Å². The van der Waals surface area contributed by atoms with Gasteiger partial charge in [0, 0.05) is 18.0 Å². The molecule has 0 spiro atoms. The Morgan fingerprint density at radius 2 is 2.06 bits per heavy atom. The van der Waals surface area contributed by atoms with Crippen LogP contribution in [0.15, 0.2) is 24.3 Å². The molecule has 0 aromatic heterocycles. The van der Waals surface area contributed by atoms with Gasteiger partial charge in [-0.25, -0.2) is 0 Å². The molecule has 1 fully saturated rings. The zero-order valence-corrected chi connectivity index (χ0v) is 9.40. The van der Waals surface area contributed by atoms with Gasteiger partial charge in [0.15, 0.2) is 0 Å². The largest absolute Gasteiger partial charge is 0.352 e. The van der Waals surface area contributed by atoms with E-state index in [9.17, 15) is 9.59 Å². The van der Waals surface area contributed by atoms with Crippen LogP contribution in [-0.2, 0) is 11.2 Å². The Morgan fingerprint density at radius 1 is 1.29 bits per heavy atom. The molecule has 4 heteroatoms. The number of carbonyl (C=O) groups excluding carboxylic acids is 2. The molecule has 0 bridgehead atoms. The lowest BCUT2D eigenvalue weighted by Gasteiger charge is -2.24. The monoisotopic (exact) mass is 230 g/mol. The van der Waals surface area contributed by atoms with Gasteiger partial charge in [0.25, 0.3) is 5.91 Å². The predicted molar refractivity (Wildman–Crippen MR) is 62.6 cm³/mol. The SMILES string of the molecule is O=C1NC(C(=O)NC2CC2)Cc2ccccc21. The standard InChI is InChI=1S/C13H14N2O2/c16-12-10-4-2-1-3-8(10)7-11(15-12)13(17)14-9-5-6-9/h1-4,9,11H,5-7H2,(H,14,17)(H,15,16). The van der Waals surface area contributed by atoms with E-state index in [0.29, 0.717) is 18.0 Å². The van der Waals surface area contributed by atoms with Gasteiger partial charge in [-0.15, -0.1) is 0 Å². The summed E-state index contributed by atoms with van der Waals surface area (Å²) in [6.45, 7) is 0. The van der Waals surface area contributed by atoms with Crippen molar-refractivity contribution in [1.82, 2.24) is 10.6 Å². The minimum absolute atomic E-state index is 0.0599. The van der Waals surface area contributed by atoms with Gasteiger partial charge in [0.05, 0.1) is 0 Å². The third kappa shape index (κ3) is 2.02. The molecule has 1 heterocycles. The molecule has 17 heavy (non-hydrogen) atoms. The number of hydrogen-bond acceptors (Lipinski definition) is 2. The summed E-state index contributed by atoms with van der Waals surface area (Å²) in [6, 6.07) is 7.34. The smallest absolute Gasteiger partial charge is 0.252 e. The van der Waals surface area contributed by atoms with E-state index in [4.69, 9.17) is 0 Å². The highest BCUT2D eigenvalue weighted by molar-refractivity contribution is 6.00. The van der Waals surface area contributed by atoms with Crippen LogP contribution in [0, 0.1) is 0 Å². The Balaban J connectivity index is 1.78. The van der Waals surface area contributed by atoms with Crippen molar-refractivity contribution in [2.75, 3.05) is 0 Å². The molecule has 1 aliphatic heterocycles. The van der Waals surface area contributed by atoms with E-state index in [-0.39, 0.29) is 11.8 Å². The molecular formula is C13H14N2O2. The number of carbonyl (C=O) groups is 2. The summed E-state index contributed by atoms with van der Waals surface area (Å²) in [6.07, 6.45) is 2.70. The van der Waals surface area contributed by atoms with Crippen molar-refractivity contribution in [3.8, 4) is 0 Å². The van der Waals surface area contributed by atoms with Crippen molar-refractivity contribution < 1.29 is 9.59 Å². The maximum atomic E-state index is 11.9. The van der Waals surface area contributed by atoms with Crippen molar-refractivity contribution >= 4 is 11.8 Å². The normalized spacial score (nSPS) is 22.6. The second-order valence-corrected chi connectivity index (χ2v) is 4.67. The lowest BCUT2D eigenvalue weighted by molar-refractivity contribution is -0.123. The van der Waals surface area contributed by atoms with E-state index in [1.807, 2.05) is 18.2 Å². The topological polar surface area (TPSA) is 58.2 Å². The van der Waals surface area contributed by atoms with Crippen LogP contribution in [0.25, 0.3) is 0 Å². The molecular weight excluding hydrogens is 216 g/mol. The van der Waals surface area contributed by atoms with E-state index >= 15 is 0 Å². The van der Waals surface area contributed by atoms with Gasteiger partial charge in [-0.3, -0.25) is 9.59 Å². The summed E-state index contributed by atoms with van der Waals surface area (Å²) in [5.74, 6) is -0.210. The van der Waals surface area contributed by atoms with Crippen LogP contribution in [0.2, 0.25) is 0 Å². The molecule has 1 aromatic carbocycles. The minimum Gasteiger partial charge on any atom is -0.352 e. The molecule has 1 saturated carbocycles. The fourth-order valence-corrected chi connectivity index (χ4v) is 2.11. The molecule has 1 aromatic rings. The Bertz CT molecular complexity index is 480. The quantitative estimate of drug-likeness (QED) is 0.782. The van der Waals surface area contributed by atoms with E-state index in [0.717, 1.165) is 18.4 Å². The maximum Gasteiger partial charge on any atom is 0.252 e. The van der Waals surface area contributed by atoms with Crippen LogP contribution in [0.1, 0.15) is 28.8 Å². The summed E-state index contributed by atoms with van der Waals surface area (Å²) in [5, 5.41) is 5.68. The first-order chi connectivity index (χ1) is 8.24. The molecule has 88 valence electrons. The molecule has 3 rings (SSSR count). The van der Waals surface area contributed by atoms with Crippen molar-refractivity contribution in [1.29, 1.82) is 0 Å². The molecule has 0 radical (unpaired) electrons. The summed E-state index contributed by atoms with van der Waals surface area (Å²) in [4.78, 5) is 23.7. The van der Waals surface area contributed by atoms with Gasteiger partial charge >= 0.3 is 0 Å². The van der Waals surface area contributed by atoms with Crippen LogP contribution < -0.4 is 10.6 Å². The van der Waals surface area contributed by atoms with Crippen LogP contribution in [0.3, 0.4) is 0 Å². The summed E-state index contributed by atoms with van der Waals surface area (Å²) in [7, 11) is 0. The van der Waals surface area contributed by atoms with Crippen molar-refractivity contribution in [3.05, 3.63) is 35.4 Å². The molecule has 2 amide bonds. The first-order valence-corrected chi connectivity index (χ1v) is 5.93. The predicted octanol–water partition coefficient (Wildman–Crippen LogP) is 0.620. The fraction of sp³-hybridized carbons (Fsp3) is 0.385. The number of nitrogens with one attached hydrogen (secondary N) is 2. The Morgan fingerprint density at radius 3 is 2.82 bits per heavy atom. The minimum atomic E-state index is -0.419.